The van der Waals surface area contributed by atoms with Crippen LogP contribution >= 0.6 is 0 Å². The van der Waals surface area contributed by atoms with Gasteiger partial charge in [0, 0.05) is 18.8 Å². The van der Waals surface area contributed by atoms with E-state index < -0.39 is 5.97 Å². The highest BCUT2D eigenvalue weighted by atomic mass is 16.5. The Balaban J connectivity index is 1.70. The van der Waals surface area contributed by atoms with Crippen molar-refractivity contribution in [1.29, 1.82) is 0 Å². The normalized spacial score (nSPS) is 28.2. The van der Waals surface area contributed by atoms with Gasteiger partial charge in [-0.2, -0.15) is 0 Å². The van der Waals surface area contributed by atoms with Gasteiger partial charge in [-0.25, -0.2) is 0 Å². The molecule has 1 N–H and O–H groups in total. The Morgan fingerprint density at radius 1 is 1.25 bits per heavy atom. The van der Waals surface area contributed by atoms with E-state index in [9.17, 15) is 4.79 Å². The van der Waals surface area contributed by atoms with Gasteiger partial charge in [0.1, 0.15) is 6.61 Å². The molecule has 2 rings (SSSR count). The highest BCUT2D eigenvalue weighted by Crippen LogP contribution is 2.45. The van der Waals surface area contributed by atoms with Gasteiger partial charge in [-0.1, -0.05) is 25.0 Å². The van der Waals surface area contributed by atoms with Crippen molar-refractivity contribution in [1.82, 2.24) is 0 Å². The molecule has 0 aromatic carbocycles. The molecule has 2 saturated heterocycles. The van der Waals surface area contributed by atoms with Crippen LogP contribution in [-0.2, 0) is 14.3 Å². The van der Waals surface area contributed by atoms with Gasteiger partial charge in [0.05, 0.1) is 18.8 Å². The maximum Gasteiger partial charge on any atom is 0.303 e. The van der Waals surface area contributed by atoms with Gasteiger partial charge in [0.2, 0.25) is 0 Å². The van der Waals surface area contributed by atoms with Crippen LogP contribution in [-0.4, -0.2) is 36.5 Å². The first kappa shape index (κ1) is 19.0. The molecule has 4 nitrogen and oxygen atoms in total. The first-order valence-electron chi connectivity index (χ1n) is 9.28. The Kier molecular flexibility index (Phi) is 8.35. The molecule has 2 bridgehead atoms. The van der Waals surface area contributed by atoms with Gasteiger partial charge < -0.3 is 14.6 Å². The number of fused-ring (bicyclic) bond motifs is 2. The molecule has 0 aromatic heterocycles. The van der Waals surface area contributed by atoms with E-state index in [1.807, 2.05) is 0 Å². The second-order valence-corrected chi connectivity index (χ2v) is 6.73. The first-order chi connectivity index (χ1) is 11.7. The van der Waals surface area contributed by atoms with Crippen molar-refractivity contribution in [3.05, 3.63) is 12.2 Å². The summed E-state index contributed by atoms with van der Waals surface area (Å²) in [6.07, 6.45) is 12.2. The molecule has 0 radical (unpaired) electrons. The molecule has 0 saturated carbocycles. The fourth-order valence-electron chi connectivity index (χ4n) is 3.68. The van der Waals surface area contributed by atoms with Crippen LogP contribution in [0.15, 0.2) is 12.2 Å². The summed E-state index contributed by atoms with van der Waals surface area (Å²) in [4.78, 5) is 10.5. The van der Waals surface area contributed by atoms with Crippen LogP contribution in [0.4, 0.5) is 0 Å². The summed E-state index contributed by atoms with van der Waals surface area (Å²) in [5.74, 6) is 6.46. The number of ether oxygens (including phenoxy) is 2. The van der Waals surface area contributed by atoms with Crippen LogP contribution in [0.1, 0.15) is 58.3 Å². The van der Waals surface area contributed by atoms with Crippen molar-refractivity contribution in [2.75, 3.05) is 13.2 Å². The molecule has 2 aliphatic rings. The fraction of sp³-hybridized carbons (Fsp3) is 0.750. The molecule has 0 amide bonds. The third kappa shape index (κ3) is 5.96. The Labute approximate surface area is 145 Å². The van der Waals surface area contributed by atoms with Crippen LogP contribution < -0.4 is 0 Å². The molecule has 0 aromatic rings. The number of carbonyl (C=O) groups is 1. The first-order valence-corrected chi connectivity index (χ1v) is 9.28. The minimum atomic E-state index is -0.718. The van der Waals surface area contributed by atoms with Crippen molar-refractivity contribution in [2.24, 2.45) is 11.8 Å². The summed E-state index contributed by atoms with van der Waals surface area (Å²) >= 11 is 0. The van der Waals surface area contributed by atoms with Crippen LogP contribution in [0, 0.1) is 23.7 Å². The standard InChI is InChI=1S/C20H30O4/c1-2-3-4-9-14-23-15-17-16(18-12-13-19(17)24-18)10-7-5-6-8-11-20(21)22/h5,7,16-19H,2-3,6,8,10-15H2,1H3,(H,21,22)/b7-5-. The maximum absolute atomic E-state index is 10.5. The molecule has 4 atom stereocenters. The number of rotatable bonds is 10. The maximum atomic E-state index is 10.5. The average Bonchev–Trinajstić information content (AvgIpc) is 3.15. The minimum absolute atomic E-state index is 0.247. The van der Waals surface area contributed by atoms with Crippen molar-refractivity contribution in [3.8, 4) is 11.8 Å². The highest BCUT2D eigenvalue weighted by Gasteiger charge is 2.48. The Hall–Kier alpha value is -1.31. The molecule has 4 unspecified atom stereocenters. The molecule has 2 fully saturated rings. The molecule has 0 spiro atoms. The predicted molar refractivity (Wildman–Crippen MR) is 93.6 cm³/mol. The SMILES string of the molecule is CCCC#CCOCC1C2CCC(O2)C1C/C=C\CCCC(=O)O. The van der Waals surface area contributed by atoms with Crippen molar-refractivity contribution < 1.29 is 19.4 Å². The van der Waals surface area contributed by atoms with E-state index in [0.29, 0.717) is 37.1 Å². The third-order valence-corrected chi connectivity index (χ3v) is 4.91. The second kappa shape index (κ2) is 10.5. The summed E-state index contributed by atoms with van der Waals surface area (Å²) in [6, 6.07) is 0. The van der Waals surface area contributed by atoms with Crippen molar-refractivity contribution in [2.45, 2.75) is 70.5 Å². The van der Waals surface area contributed by atoms with Crippen LogP contribution in [0.3, 0.4) is 0 Å². The largest absolute Gasteiger partial charge is 0.481 e. The lowest BCUT2D eigenvalue weighted by Crippen LogP contribution is -2.30. The zero-order valence-corrected chi connectivity index (χ0v) is 14.7. The molecule has 0 aliphatic carbocycles. The van der Waals surface area contributed by atoms with E-state index in [4.69, 9.17) is 14.6 Å². The molecule has 2 heterocycles. The molecule has 24 heavy (non-hydrogen) atoms. The topological polar surface area (TPSA) is 55.8 Å². The van der Waals surface area contributed by atoms with E-state index in [0.717, 1.165) is 45.1 Å². The monoisotopic (exact) mass is 334 g/mol. The number of carboxylic acids is 1. The van der Waals surface area contributed by atoms with E-state index in [2.05, 4.69) is 30.9 Å². The molecule has 2 aliphatic heterocycles. The summed E-state index contributed by atoms with van der Waals surface area (Å²) in [5.41, 5.74) is 0. The quantitative estimate of drug-likeness (QED) is 0.375. The minimum Gasteiger partial charge on any atom is -0.481 e. The lowest BCUT2D eigenvalue weighted by molar-refractivity contribution is -0.137. The van der Waals surface area contributed by atoms with Gasteiger partial charge in [-0.05, 0) is 44.4 Å². The number of aliphatic carboxylic acids is 1. The van der Waals surface area contributed by atoms with Crippen LogP contribution in [0.5, 0.6) is 0 Å². The molecular formula is C20H30O4. The molecule has 4 heteroatoms. The lowest BCUT2D eigenvalue weighted by atomic mass is 9.78. The summed E-state index contributed by atoms with van der Waals surface area (Å²) in [6.45, 7) is 3.38. The van der Waals surface area contributed by atoms with E-state index in [-0.39, 0.29) is 6.42 Å². The molecule has 134 valence electrons. The van der Waals surface area contributed by atoms with Crippen LogP contribution in [0.25, 0.3) is 0 Å². The summed E-state index contributed by atoms with van der Waals surface area (Å²) in [7, 11) is 0. The van der Waals surface area contributed by atoms with Crippen molar-refractivity contribution >= 4 is 5.97 Å². The fourth-order valence-corrected chi connectivity index (χ4v) is 3.68. The third-order valence-electron chi connectivity index (χ3n) is 4.91. The highest BCUT2D eigenvalue weighted by molar-refractivity contribution is 5.66. The average molecular weight is 334 g/mol. The van der Waals surface area contributed by atoms with E-state index in [1.54, 1.807) is 0 Å². The van der Waals surface area contributed by atoms with E-state index in [1.165, 1.54) is 0 Å². The lowest BCUT2D eigenvalue weighted by Gasteiger charge is -2.26. The number of hydrogen-bond donors (Lipinski definition) is 1. The van der Waals surface area contributed by atoms with Gasteiger partial charge in [0.25, 0.3) is 0 Å². The number of hydrogen-bond acceptors (Lipinski definition) is 3. The van der Waals surface area contributed by atoms with Gasteiger partial charge in [0.15, 0.2) is 0 Å². The smallest absolute Gasteiger partial charge is 0.303 e. The van der Waals surface area contributed by atoms with Gasteiger partial charge in [-0.15, -0.1) is 5.92 Å². The Bertz CT molecular complexity index is 474. The number of carboxylic acid groups (broad SMARTS) is 1. The Morgan fingerprint density at radius 3 is 2.79 bits per heavy atom. The van der Waals surface area contributed by atoms with Crippen LogP contribution in [0.2, 0.25) is 0 Å². The zero-order valence-electron chi connectivity index (χ0n) is 14.7. The zero-order chi connectivity index (χ0) is 17.2. The number of unbranched alkanes of at least 4 members (excludes halogenated alkanes) is 2. The van der Waals surface area contributed by atoms with Gasteiger partial charge >= 0.3 is 5.97 Å². The van der Waals surface area contributed by atoms with Gasteiger partial charge in [-0.3, -0.25) is 4.79 Å². The summed E-state index contributed by atoms with van der Waals surface area (Å²) in [5, 5.41) is 8.64. The summed E-state index contributed by atoms with van der Waals surface area (Å²) < 4.78 is 11.9. The Morgan fingerprint density at radius 2 is 2.04 bits per heavy atom. The van der Waals surface area contributed by atoms with E-state index >= 15 is 0 Å². The van der Waals surface area contributed by atoms with Crippen molar-refractivity contribution in [3.63, 3.8) is 0 Å². The second-order valence-electron chi connectivity index (χ2n) is 6.73. The predicted octanol–water partition coefficient (Wildman–Crippen LogP) is 3.80. The number of allylic oxidation sites excluding steroid dienone is 2. The molecular weight excluding hydrogens is 304 g/mol.